The highest BCUT2D eigenvalue weighted by molar-refractivity contribution is 6.53. The minimum Gasteiger partial charge on any atom is -0.326 e. The van der Waals surface area contributed by atoms with Crippen LogP contribution in [0, 0.1) is 17.6 Å². The Balaban J connectivity index is 1.53. The Morgan fingerprint density at radius 1 is 0.944 bits per heavy atom. The lowest BCUT2D eigenvalue weighted by molar-refractivity contribution is -0.117. The maximum Gasteiger partial charge on any atom is 0.257 e. The van der Waals surface area contributed by atoms with Gasteiger partial charge in [-0.2, -0.15) is 0 Å². The van der Waals surface area contributed by atoms with E-state index in [0.717, 1.165) is 12.1 Å². The molecular formula is C25H15Cl4F3N2O2. The summed E-state index contributed by atoms with van der Waals surface area (Å²) in [6.07, 6.45) is 0. The van der Waals surface area contributed by atoms with E-state index in [1.165, 1.54) is 36.4 Å². The molecule has 0 bridgehead atoms. The van der Waals surface area contributed by atoms with Crippen LogP contribution < -0.4 is 10.6 Å². The molecule has 1 fully saturated rings. The van der Waals surface area contributed by atoms with Crippen LogP contribution in [0.5, 0.6) is 0 Å². The van der Waals surface area contributed by atoms with Crippen molar-refractivity contribution in [2.75, 3.05) is 10.6 Å². The highest BCUT2D eigenvalue weighted by Gasteiger charge is 2.67. The number of hydrogen-bond acceptors (Lipinski definition) is 2. The molecule has 2 atom stereocenters. The molecule has 0 aromatic heterocycles. The first kappa shape index (κ1) is 26.4. The normalized spacial score (nSPS) is 17.9. The van der Waals surface area contributed by atoms with Crippen molar-refractivity contribution in [3.63, 3.8) is 0 Å². The van der Waals surface area contributed by atoms with E-state index in [1.807, 2.05) is 0 Å². The van der Waals surface area contributed by atoms with Crippen molar-refractivity contribution >= 4 is 75.4 Å². The van der Waals surface area contributed by atoms with E-state index in [0.29, 0.717) is 11.6 Å². The molecule has 186 valence electrons. The first-order chi connectivity index (χ1) is 16.9. The summed E-state index contributed by atoms with van der Waals surface area (Å²) in [5.41, 5.74) is 0.457. The average Bonchev–Trinajstić information content (AvgIpc) is 3.38. The number of anilines is 2. The van der Waals surface area contributed by atoms with Gasteiger partial charge in [0.05, 0.1) is 22.2 Å². The van der Waals surface area contributed by atoms with Gasteiger partial charge in [0.25, 0.3) is 5.91 Å². The number of amides is 2. The number of nitrogens with one attached hydrogen (secondary N) is 2. The van der Waals surface area contributed by atoms with Gasteiger partial charge in [-0.15, -0.1) is 23.2 Å². The largest absolute Gasteiger partial charge is 0.326 e. The molecule has 0 unspecified atom stereocenters. The number of alkyl halides is 2. The summed E-state index contributed by atoms with van der Waals surface area (Å²) in [5.74, 6) is -5.43. The molecular weight excluding hydrogens is 559 g/mol. The fourth-order valence-corrected chi connectivity index (χ4v) is 5.07. The second-order valence-electron chi connectivity index (χ2n) is 8.07. The summed E-state index contributed by atoms with van der Waals surface area (Å²) in [6.45, 7) is 3.25. The van der Waals surface area contributed by atoms with E-state index < -0.39 is 45.4 Å². The van der Waals surface area contributed by atoms with Gasteiger partial charge in [0, 0.05) is 28.3 Å². The molecule has 0 saturated heterocycles. The monoisotopic (exact) mass is 572 g/mol. The van der Waals surface area contributed by atoms with Crippen LogP contribution in [-0.2, 0) is 4.79 Å². The zero-order chi connectivity index (χ0) is 26.4. The lowest BCUT2D eigenvalue weighted by Gasteiger charge is -2.11. The van der Waals surface area contributed by atoms with Crippen molar-refractivity contribution in [1.82, 2.24) is 0 Å². The van der Waals surface area contributed by atoms with E-state index >= 15 is 0 Å². The molecule has 1 saturated carbocycles. The Morgan fingerprint density at radius 3 is 2.33 bits per heavy atom. The van der Waals surface area contributed by atoms with Crippen LogP contribution in [-0.4, -0.2) is 16.1 Å². The number of halogens is 7. The standard InChI is InChI=1S/C25H15Cl4F3N2O2/c1-11(30)12-6-13(8-14(26)7-12)21-22(25(21,28)29)24(36)33-16-3-4-18(27)17(10-16)23(35)34-20-5-2-15(31)9-19(20)32/h2-10,21-22H,1H2,(H,33,36)(H,34,35)/t21-,22+/m0/s1. The van der Waals surface area contributed by atoms with Gasteiger partial charge >= 0.3 is 0 Å². The predicted octanol–water partition coefficient (Wildman–Crippen LogP) is 7.99. The molecule has 2 amide bonds. The van der Waals surface area contributed by atoms with Gasteiger partial charge in [-0.25, -0.2) is 13.2 Å². The first-order valence-corrected chi connectivity index (χ1v) is 11.8. The molecule has 2 N–H and O–H groups in total. The molecule has 0 radical (unpaired) electrons. The number of hydrogen-bond donors (Lipinski definition) is 2. The van der Waals surface area contributed by atoms with Gasteiger partial charge in [0.2, 0.25) is 5.91 Å². The zero-order valence-corrected chi connectivity index (χ0v) is 21.0. The molecule has 11 heteroatoms. The molecule has 3 aromatic carbocycles. The zero-order valence-electron chi connectivity index (χ0n) is 18.0. The van der Waals surface area contributed by atoms with Crippen molar-refractivity contribution < 1.29 is 22.8 Å². The van der Waals surface area contributed by atoms with Crippen LogP contribution in [0.4, 0.5) is 24.5 Å². The Morgan fingerprint density at radius 2 is 1.67 bits per heavy atom. The SMILES string of the molecule is C=C(F)c1cc(Cl)cc([C@H]2[C@H](C(=O)Nc3ccc(Cl)c(C(=O)Nc4ccc(F)cc4F)c3)C2(Cl)Cl)c1. The van der Waals surface area contributed by atoms with Gasteiger partial charge in [0.1, 0.15) is 21.8 Å². The highest BCUT2D eigenvalue weighted by Crippen LogP contribution is 2.65. The van der Waals surface area contributed by atoms with Crippen LogP contribution in [0.25, 0.3) is 5.83 Å². The minimum atomic E-state index is -1.49. The van der Waals surface area contributed by atoms with E-state index in [4.69, 9.17) is 46.4 Å². The predicted molar refractivity (Wildman–Crippen MR) is 137 cm³/mol. The van der Waals surface area contributed by atoms with Crippen molar-refractivity contribution in [2.45, 2.75) is 10.3 Å². The quantitative estimate of drug-likeness (QED) is 0.294. The van der Waals surface area contributed by atoms with Gasteiger partial charge in [0.15, 0.2) is 0 Å². The van der Waals surface area contributed by atoms with Gasteiger partial charge in [-0.05, 0) is 54.1 Å². The lowest BCUT2D eigenvalue weighted by Crippen LogP contribution is -2.18. The van der Waals surface area contributed by atoms with Crippen LogP contribution in [0.1, 0.15) is 27.4 Å². The van der Waals surface area contributed by atoms with Gasteiger partial charge < -0.3 is 10.6 Å². The fourth-order valence-electron chi connectivity index (χ4n) is 3.79. The third-order valence-corrected chi connectivity index (χ3v) is 7.07. The summed E-state index contributed by atoms with van der Waals surface area (Å²) in [6, 6.07) is 11.1. The summed E-state index contributed by atoms with van der Waals surface area (Å²) in [5, 5.41) is 5.17. The van der Waals surface area contributed by atoms with Gasteiger partial charge in [-0.3, -0.25) is 9.59 Å². The fraction of sp³-hybridized carbons (Fsp3) is 0.120. The molecule has 1 aliphatic carbocycles. The minimum absolute atomic E-state index is 0.0271. The average molecular weight is 574 g/mol. The third-order valence-electron chi connectivity index (χ3n) is 5.59. The molecule has 1 aliphatic rings. The van der Waals surface area contributed by atoms with Crippen LogP contribution in [0.2, 0.25) is 10.0 Å². The summed E-state index contributed by atoms with van der Waals surface area (Å²) >= 11 is 24.9. The Kier molecular flexibility index (Phi) is 7.30. The molecule has 3 aromatic rings. The maximum absolute atomic E-state index is 13.9. The Bertz CT molecular complexity index is 1410. The smallest absolute Gasteiger partial charge is 0.257 e. The van der Waals surface area contributed by atoms with Crippen molar-refractivity contribution in [2.24, 2.45) is 5.92 Å². The van der Waals surface area contributed by atoms with E-state index in [9.17, 15) is 22.8 Å². The number of rotatable bonds is 6. The topological polar surface area (TPSA) is 58.2 Å². The second kappa shape index (κ2) is 9.98. The number of carbonyl (C=O) groups is 2. The van der Waals surface area contributed by atoms with Crippen molar-refractivity contribution in [3.05, 3.63) is 99.5 Å². The molecule has 36 heavy (non-hydrogen) atoms. The Labute approximate surface area is 224 Å². The van der Waals surface area contributed by atoms with Crippen LogP contribution >= 0.6 is 46.4 Å². The van der Waals surface area contributed by atoms with Crippen molar-refractivity contribution in [3.8, 4) is 0 Å². The van der Waals surface area contributed by atoms with Crippen LogP contribution in [0.3, 0.4) is 0 Å². The third kappa shape index (κ3) is 5.34. The summed E-state index contributed by atoms with van der Waals surface area (Å²) in [7, 11) is 0. The molecule has 4 rings (SSSR count). The molecule has 0 aliphatic heterocycles. The summed E-state index contributed by atoms with van der Waals surface area (Å²) < 4.78 is 39.2. The second-order valence-corrected chi connectivity index (χ2v) is 10.4. The molecule has 4 nitrogen and oxygen atoms in total. The van der Waals surface area contributed by atoms with Crippen molar-refractivity contribution in [1.29, 1.82) is 0 Å². The Hall–Kier alpha value is -2.71. The molecule has 0 heterocycles. The first-order valence-electron chi connectivity index (χ1n) is 10.3. The highest BCUT2D eigenvalue weighted by atomic mass is 35.5. The van der Waals surface area contributed by atoms with Gasteiger partial charge in [-0.1, -0.05) is 29.8 Å². The van der Waals surface area contributed by atoms with E-state index in [1.54, 1.807) is 0 Å². The number of benzene rings is 3. The van der Waals surface area contributed by atoms with Crippen LogP contribution in [0.15, 0.2) is 61.2 Å². The number of carbonyl (C=O) groups excluding carboxylic acids is 2. The van der Waals surface area contributed by atoms with E-state index in [-0.39, 0.29) is 32.5 Å². The summed E-state index contributed by atoms with van der Waals surface area (Å²) in [4.78, 5) is 25.6. The van der Waals surface area contributed by atoms with E-state index in [2.05, 4.69) is 17.2 Å². The lowest BCUT2D eigenvalue weighted by atomic mass is 10.0. The maximum atomic E-state index is 13.9. The molecule has 0 spiro atoms.